The van der Waals surface area contributed by atoms with Gasteiger partial charge in [-0.2, -0.15) is 0 Å². The molecule has 24 heavy (non-hydrogen) atoms. The lowest BCUT2D eigenvalue weighted by Crippen LogP contribution is -2.15. The molecule has 2 aromatic rings. The molecule has 1 N–H and O–H groups in total. The molecule has 6 nitrogen and oxygen atoms in total. The summed E-state index contributed by atoms with van der Waals surface area (Å²) in [6.07, 6.45) is 0. The molecule has 0 spiro atoms. The number of hydrogen-bond acceptors (Lipinski definition) is 5. The van der Waals surface area contributed by atoms with Gasteiger partial charge in [0.25, 0.3) is 10.0 Å². The third-order valence-corrected chi connectivity index (χ3v) is 5.20. The van der Waals surface area contributed by atoms with Crippen LogP contribution in [0.25, 0.3) is 0 Å². The van der Waals surface area contributed by atoms with Crippen LogP contribution in [0.4, 0.5) is 5.69 Å². The van der Waals surface area contributed by atoms with Crippen LogP contribution in [0.1, 0.15) is 5.56 Å². The first kappa shape index (κ1) is 18.3. The molecule has 0 bridgehead atoms. The highest BCUT2D eigenvalue weighted by Crippen LogP contribution is 2.26. The molecule has 0 radical (unpaired) electrons. The monoisotopic (exact) mass is 413 g/mol. The Labute approximate surface area is 149 Å². The van der Waals surface area contributed by atoms with Gasteiger partial charge in [-0.25, -0.2) is 13.2 Å². The van der Waals surface area contributed by atoms with E-state index < -0.39 is 16.0 Å². The Hall–Kier alpha value is -2.06. The molecule has 0 fully saturated rings. The van der Waals surface area contributed by atoms with Crippen molar-refractivity contribution < 1.29 is 22.7 Å². The Morgan fingerprint density at radius 1 is 1.21 bits per heavy atom. The van der Waals surface area contributed by atoms with Gasteiger partial charge in [0, 0.05) is 4.47 Å². The van der Waals surface area contributed by atoms with Crippen molar-refractivity contribution in [1.29, 1.82) is 0 Å². The highest BCUT2D eigenvalue weighted by molar-refractivity contribution is 9.10. The lowest BCUT2D eigenvalue weighted by molar-refractivity contribution is -0.142. The lowest BCUT2D eigenvalue weighted by atomic mass is 10.2. The van der Waals surface area contributed by atoms with Gasteiger partial charge in [0.2, 0.25) is 0 Å². The second-order valence-corrected chi connectivity index (χ2v) is 7.41. The maximum absolute atomic E-state index is 12.5. The van der Waals surface area contributed by atoms with Crippen LogP contribution in [0, 0.1) is 6.92 Å². The van der Waals surface area contributed by atoms with Crippen LogP contribution in [0.2, 0.25) is 0 Å². The molecular weight excluding hydrogens is 398 g/mol. The van der Waals surface area contributed by atoms with Gasteiger partial charge in [-0.15, -0.1) is 0 Å². The summed E-state index contributed by atoms with van der Waals surface area (Å²) in [5, 5.41) is 0. The summed E-state index contributed by atoms with van der Waals surface area (Å²) in [4.78, 5) is 11.2. The summed E-state index contributed by atoms with van der Waals surface area (Å²) in [6, 6.07) is 11.3. The van der Waals surface area contributed by atoms with Gasteiger partial charge in [0.15, 0.2) is 6.61 Å². The van der Waals surface area contributed by atoms with Crippen molar-refractivity contribution in [2.24, 2.45) is 0 Å². The number of esters is 1. The predicted octanol–water partition coefficient (Wildman–Crippen LogP) is 3.11. The average Bonchev–Trinajstić information content (AvgIpc) is 2.55. The van der Waals surface area contributed by atoms with E-state index in [1.54, 1.807) is 31.2 Å². The zero-order valence-corrected chi connectivity index (χ0v) is 15.5. The summed E-state index contributed by atoms with van der Waals surface area (Å²) < 4.78 is 37.9. The van der Waals surface area contributed by atoms with E-state index in [-0.39, 0.29) is 11.5 Å². The van der Waals surface area contributed by atoms with E-state index in [1.807, 2.05) is 0 Å². The maximum atomic E-state index is 12.5. The first-order valence-corrected chi connectivity index (χ1v) is 9.18. The number of benzene rings is 2. The van der Waals surface area contributed by atoms with Crippen molar-refractivity contribution in [3.8, 4) is 5.75 Å². The fraction of sp³-hybridized carbons (Fsp3) is 0.188. The van der Waals surface area contributed by atoms with E-state index in [0.29, 0.717) is 21.5 Å². The Bertz CT molecular complexity index is 851. The Kier molecular flexibility index (Phi) is 5.84. The molecule has 2 aromatic carbocycles. The number of sulfonamides is 1. The van der Waals surface area contributed by atoms with E-state index in [2.05, 4.69) is 25.4 Å². The molecule has 0 atom stereocenters. The smallest absolute Gasteiger partial charge is 0.343 e. The molecular formula is C16H16BrNO5S. The largest absolute Gasteiger partial charge is 0.482 e. The van der Waals surface area contributed by atoms with Crippen LogP contribution in [-0.2, 0) is 19.6 Å². The molecule has 0 saturated heterocycles. The average molecular weight is 414 g/mol. The molecule has 128 valence electrons. The van der Waals surface area contributed by atoms with Crippen molar-refractivity contribution in [3.05, 3.63) is 52.5 Å². The third-order valence-electron chi connectivity index (χ3n) is 3.15. The first-order valence-electron chi connectivity index (χ1n) is 6.91. The van der Waals surface area contributed by atoms with Crippen LogP contribution < -0.4 is 9.46 Å². The van der Waals surface area contributed by atoms with Crippen LogP contribution >= 0.6 is 15.9 Å². The highest BCUT2D eigenvalue weighted by Gasteiger charge is 2.17. The number of anilines is 1. The number of methoxy groups -OCH3 is 1. The van der Waals surface area contributed by atoms with Gasteiger partial charge < -0.3 is 9.47 Å². The van der Waals surface area contributed by atoms with Crippen molar-refractivity contribution in [2.75, 3.05) is 18.4 Å². The Morgan fingerprint density at radius 2 is 1.92 bits per heavy atom. The summed E-state index contributed by atoms with van der Waals surface area (Å²) in [5.41, 5.74) is 1.04. The van der Waals surface area contributed by atoms with Gasteiger partial charge >= 0.3 is 5.97 Å². The zero-order chi connectivity index (χ0) is 17.7. The number of halogens is 1. The van der Waals surface area contributed by atoms with Crippen molar-refractivity contribution in [2.45, 2.75) is 11.8 Å². The van der Waals surface area contributed by atoms with Gasteiger partial charge in [-0.1, -0.05) is 12.1 Å². The molecule has 0 aliphatic rings. The number of nitrogens with one attached hydrogen (secondary N) is 1. The molecule has 0 aliphatic carbocycles. The predicted molar refractivity (Wildman–Crippen MR) is 93.6 cm³/mol. The second-order valence-electron chi connectivity index (χ2n) is 4.88. The standard InChI is InChI=1S/C16H16BrNO5S/c1-11-9-12(7-8-15(11)23-10-16(19)22-2)24(20,21)18-14-6-4-3-5-13(14)17/h3-9,18H,10H2,1-2H3. The lowest BCUT2D eigenvalue weighted by Gasteiger charge is -2.12. The summed E-state index contributed by atoms with van der Waals surface area (Å²) in [6.45, 7) is 1.46. The minimum Gasteiger partial charge on any atom is -0.482 e. The normalized spacial score (nSPS) is 11.0. The van der Waals surface area contributed by atoms with Crippen LogP contribution in [0.15, 0.2) is 51.8 Å². The van der Waals surface area contributed by atoms with Crippen molar-refractivity contribution >= 4 is 37.6 Å². The number of carbonyl (C=O) groups is 1. The fourth-order valence-corrected chi connectivity index (χ4v) is 3.57. The maximum Gasteiger partial charge on any atom is 0.343 e. The minimum atomic E-state index is -3.74. The number of aryl methyl sites for hydroxylation is 1. The Balaban J connectivity index is 2.21. The number of para-hydroxylation sites is 1. The number of ether oxygens (including phenoxy) is 2. The van der Waals surface area contributed by atoms with Gasteiger partial charge in [0.1, 0.15) is 5.75 Å². The molecule has 0 aliphatic heterocycles. The van der Waals surface area contributed by atoms with Gasteiger partial charge in [-0.3, -0.25) is 4.72 Å². The number of hydrogen-bond donors (Lipinski definition) is 1. The second kappa shape index (κ2) is 7.67. The molecule has 0 amide bonds. The summed E-state index contributed by atoms with van der Waals surface area (Å²) in [5.74, 6) is -0.0954. The Morgan fingerprint density at radius 3 is 2.54 bits per heavy atom. The molecule has 8 heteroatoms. The quantitative estimate of drug-likeness (QED) is 0.735. The minimum absolute atomic E-state index is 0.0983. The van der Waals surface area contributed by atoms with E-state index in [4.69, 9.17) is 4.74 Å². The van der Waals surface area contributed by atoms with E-state index in [1.165, 1.54) is 25.3 Å². The van der Waals surface area contributed by atoms with Crippen molar-refractivity contribution in [3.63, 3.8) is 0 Å². The summed E-state index contributed by atoms with van der Waals surface area (Å²) >= 11 is 3.30. The number of carbonyl (C=O) groups excluding carboxylic acids is 1. The SMILES string of the molecule is COC(=O)COc1ccc(S(=O)(=O)Nc2ccccc2Br)cc1C. The van der Waals surface area contributed by atoms with Crippen molar-refractivity contribution in [1.82, 2.24) is 0 Å². The fourth-order valence-electron chi connectivity index (χ4n) is 1.89. The molecule has 0 saturated carbocycles. The van der Waals surface area contributed by atoms with Crippen LogP contribution in [-0.4, -0.2) is 28.1 Å². The summed E-state index contributed by atoms with van der Waals surface area (Å²) in [7, 11) is -2.47. The molecule has 0 heterocycles. The molecule has 2 rings (SSSR count). The van der Waals surface area contributed by atoms with Crippen LogP contribution in [0.3, 0.4) is 0 Å². The first-order chi connectivity index (χ1) is 11.3. The van der Waals surface area contributed by atoms with Gasteiger partial charge in [-0.05, 0) is 58.7 Å². The zero-order valence-electron chi connectivity index (χ0n) is 13.1. The van der Waals surface area contributed by atoms with Crippen LogP contribution in [0.5, 0.6) is 5.75 Å². The van der Waals surface area contributed by atoms with E-state index in [9.17, 15) is 13.2 Å². The number of rotatable bonds is 6. The van der Waals surface area contributed by atoms with E-state index >= 15 is 0 Å². The van der Waals surface area contributed by atoms with Gasteiger partial charge in [0.05, 0.1) is 17.7 Å². The molecule has 0 unspecified atom stereocenters. The highest BCUT2D eigenvalue weighted by atomic mass is 79.9. The topological polar surface area (TPSA) is 81.7 Å². The van der Waals surface area contributed by atoms with E-state index in [0.717, 1.165) is 0 Å². The third kappa shape index (κ3) is 4.48. The molecule has 0 aromatic heterocycles.